The standard InChI is InChI=1S/C9H15NO6/c1-10-6(11)4-9(14,8(13)16-3)5-7(12)15-2/h14H,4-5H2,1-3H3,(H,10,11). The van der Waals surface area contributed by atoms with Gasteiger partial charge in [0.05, 0.1) is 27.1 Å². The first-order valence-corrected chi connectivity index (χ1v) is 4.47. The first kappa shape index (κ1) is 14.4. The molecule has 0 heterocycles. The number of carbonyl (C=O) groups is 3. The molecule has 92 valence electrons. The van der Waals surface area contributed by atoms with Crippen molar-refractivity contribution in [2.75, 3.05) is 21.3 Å². The van der Waals surface area contributed by atoms with Crippen LogP contribution in [0.1, 0.15) is 12.8 Å². The Balaban J connectivity index is 4.81. The van der Waals surface area contributed by atoms with Crippen LogP contribution in [0.5, 0.6) is 0 Å². The average Bonchev–Trinajstić information content (AvgIpc) is 2.27. The van der Waals surface area contributed by atoms with Crippen molar-refractivity contribution in [2.24, 2.45) is 0 Å². The number of esters is 2. The number of rotatable bonds is 5. The largest absolute Gasteiger partial charge is 0.469 e. The maximum atomic E-state index is 11.3. The molecule has 0 spiro atoms. The number of methoxy groups -OCH3 is 2. The van der Waals surface area contributed by atoms with E-state index in [1.807, 2.05) is 0 Å². The minimum absolute atomic E-state index is 0.564. The molecule has 0 fully saturated rings. The van der Waals surface area contributed by atoms with Gasteiger partial charge in [-0.25, -0.2) is 4.79 Å². The van der Waals surface area contributed by atoms with Crippen LogP contribution in [0.25, 0.3) is 0 Å². The van der Waals surface area contributed by atoms with E-state index in [0.717, 1.165) is 14.2 Å². The van der Waals surface area contributed by atoms with E-state index in [9.17, 15) is 19.5 Å². The molecular formula is C9H15NO6. The van der Waals surface area contributed by atoms with Crippen molar-refractivity contribution < 1.29 is 29.0 Å². The van der Waals surface area contributed by atoms with Crippen LogP contribution >= 0.6 is 0 Å². The molecule has 0 aromatic heterocycles. The van der Waals surface area contributed by atoms with Crippen LogP contribution in [0, 0.1) is 0 Å². The van der Waals surface area contributed by atoms with Crippen molar-refractivity contribution >= 4 is 17.8 Å². The summed E-state index contributed by atoms with van der Waals surface area (Å²) in [4.78, 5) is 33.4. The second-order valence-corrected chi connectivity index (χ2v) is 3.13. The normalized spacial score (nSPS) is 13.5. The molecule has 0 saturated heterocycles. The summed E-state index contributed by atoms with van der Waals surface area (Å²) in [6, 6.07) is 0. The van der Waals surface area contributed by atoms with Crippen LogP contribution in [-0.2, 0) is 23.9 Å². The molecule has 0 rings (SSSR count). The topological polar surface area (TPSA) is 102 Å². The third-order valence-corrected chi connectivity index (χ3v) is 1.96. The second-order valence-electron chi connectivity index (χ2n) is 3.13. The summed E-state index contributed by atoms with van der Waals surface area (Å²) >= 11 is 0. The molecule has 1 unspecified atom stereocenters. The van der Waals surface area contributed by atoms with Gasteiger partial charge in [-0.3, -0.25) is 9.59 Å². The number of amides is 1. The maximum Gasteiger partial charge on any atom is 0.339 e. The van der Waals surface area contributed by atoms with Crippen molar-refractivity contribution in [1.29, 1.82) is 0 Å². The van der Waals surface area contributed by atoms with E-state index in [1.165, 1.54) is 7.05 Å². The van der Waals surface area contributed by atoms with Gasteiger partial charge in [0.25, 0.3) is 0 Å². The monoisotopic (exact) mass is 233 g/mol. The zero-order valence-electron chi connectivity index (χ0n) is 9.40. The van der Waals surface area contributed by atoms with Crippen LogP contribution in [0.4, 0.5) is 0 Å². The third kappa shape index (κ3) is 3.85. The lowest BCUT2D eigenvalue weighted by Gasteiger charge is -2.22. The summed E-state index contributed by atoms with van der Waals surface area (Å²) in [6.07, 6.45) is -1.20. The molecule has 1 atom stereocenters. The Hall–Kier alpha value is -1.63. The Kier molecular flexibility index (Phi) is 5.44. The minimum atomic E-state index is -2.19. The number of aliphatic hydroxyl groups is 1. The Labute approximate surface area is 92.7 Å². The van der Waals surface area contributed by atoms with Gasteiger partial charge >= 0.3 is 11.9 Å². The molecule has 0 aromatic carbocycles. The maximum absolute atomic E-state index is 11.3. The number of carbonyl (C=O) groups excluding carboxylic acids is 3. The Morgan fingerprint density at radius 3 is 2.12 bits per heavy atom. The number of hydrogen-bond donors (Lipinski definition) is 2. The zero-order chi connectivity index (χ0) is 12.8. The van der Waals surface area contributed by atoms with Gasteiger partial charge < -0.3 is 19.9 Å². The van der Waals surface area contributed by atoms with Crippen molar-refractivity contribution in [3.63, 3.8) is 0 Å². The molecule has 2 N–H and O–H groups in total. The van der Waals surface area contributed by atoms with E-state index in [1.54, 1.807) is 0 Å². The van der Waals surface area contributed by atoms with Gasteiger partial charge in [0.15, 0.2) is 5.60 Å². The van der Waals surface area contributed by atoms with Gasteiger partial charge in [-0.15, -0.1) is 0 Å². The molecule has 0 bridgehead atoms. The Bertz CT molecular complexity index is 270. The highest BCUT2D eigenvalue weighted by atomic mass is 16.5. The summed E-state index contributed by atoms with van der Waals surface area (Å²) in [6.45, 7) is 0. The van der Waals surface area contributed by atoms with Gasteiger partial charge in [0.1, 0.15) is 0 Å². The molecule has 0 aliphatic heterocycles. The lowest BCUT2D eigenvalue weighted by atomic mass is 9.95. The molecule has 0 aromatic rings. The van der Waals surface area contributed by atoms with Gasteiger partial charge in [0.2, 0.25) is 5.91 Å². The van der Waals surface area contributed by atoms with Gasteiger partial charge in [-0.05, 0) is 0 Å². The molecule has 7 heteroatoms. The first-order chi connectivity index (χ1) is 7.39. The summed E-state index contributed by atoms with van der Waals surface area (Å²) in [5, 5.41) is 12.1. The van der Waals surface area contributed by atoms with Crippen molar-refractivity contribution in [2.45, 2.75) is 18.4 Å². The van der Waals surface area contributed by atoms with Crippen LogP contribution in [0.2, 0.25) is 0 Å². The fourth-order valence-electron chi connectivity index (χ4n) is 1.06. The van der Waals surface area contributed by atoms with E-state index >= 15 is 0 Å². The summed E-state index contributed by atoms with van der Waals surface area (Å²) in [5.41, 5.74) is -2.19. The van der Waals surface area contributed by atoms with Crippen LogP contribution in [0.3, 0.4) is 0 Å². The molecule has 0 radical (unpaired) electrons. The summed E-state index contributed by atoms with van der Waals surface area (Å²) < 4.78 is 8.65. The third-order valence-electron chi connectivity index (χ3n) is 1.96. The van der Waals surface area contributed by atoms with E-state index in [4.69, 9.17) is 0 Å². The van der Waals surface area contributed by atoms with Crippen LogP contribution in [0.15, 0.2) is 0 Å². The smallest absolute Gasteiger partial charge is 0.339 e. The van der Waals surface area contributed by atoms with Gasteiger partial charge in [-0.1, -0.05) is 0 Å². The molecule has 1 amide bonds. The predicted octanol–water partition coefficient (Wildman–Crippen LogP) is -1.41. The minimum Gasteiger partial charge on any atom is -0.469 e. The van der Waals surface area contributed by atoms with Gasteiger partial charge in [-0.2, -0.15) is 0 Å². The highest BCUT2D eigenvalue weighted by Gasteiger charge is 2.41. The van der Waals surface area contributed by atoms with E-state index in [0.29, 0.717) is 0 Å². The van der Waals surface area contributed by atoms with Crippen molar-refractivity contribution in [1.82, 2.24) is 5.32 Å². The summed E-state index contributed by atoms with van der Waals surface area (Å²) in [5.74, 6) is -2.45. The molecular weight excluding hydrogens is 218 g/mol. The second kappa shape index (κ2) is 6.06. The zero-order valence-corrected chi connectivity index (χ0v) is 9.40. The van der Waals surface area contributed by atoms with Crippen LogP contribution in [-0.4, -0.2) is 49.8 Å². The predicted molar refractivity (Wildman–Crippen MR) is 52.3 cm³/mol. The number of nitrogens with one attached hydrogen (secondary N) is 1. The quantitative estimate of drug-likeness (QED) is 0.566. The SMILES string of the molecule is CNC(=O)CC(O)(CC(=O)OC)C(=O)OC. The highest BCUT2D eigenvalue weighted by molar-refractivity contribution is 5.91. The summed E-state index contributed by atoms with van der Waals surface area (Å²) in [7, 11) is 3.51. The number of ether oxygens (including phenoxy) is 2. The highest BCUT2D eigenvalue weighted by Crippen LogP contribution is 2.18. The van der Waals surface area contributed by atoms with E-state index < -0.39 is 36.3 Å². The molecule has 0 saturated carbocycles. The Morgan fingerprint density at radius 2 is 1.75 bits per heavy atom. The molecule has 16 heavy (non-hydrogen) atoms. The Morgan fingerprint density at radius 1 is 1.19 bits per heavy atom. The number of hydrogen-bond acceptors (Lipinski definition) is 6. The van der Waals surface area contributed by atoms with E-state index in [2.05, 4.69) is 14.8 Å². The lowest BCUT2D eigenvalue weighted by molar-refractivity contribution is -0.171. The van der Waals surface area contributed by atoms with Gasteiger partial charge in [0, 0.05) is 7.05 Å². The lowest BCUT2D eigenvalue weighted by Crippen LogP contribution is -2.45. The molecule has 0 aliphatic rings. The first-order valence-electron chi connectivity index (χ1n) is 4.47. The van der Waals surface area contributed by atoms with E-state index in [-0.39, 0.29) is 0 Å². The van der Waals surface area contributed by atoms with Crippen molar-refractivity contribution in [3.8, 4) is 0 Å². The fourth-order valence-corrected chi connectivity index (χ4v) is 1.06. The van der Waals surface area contributed by atoms with Crippen LogP contribution < -0.4 is 5.32 Å². The average molecular weight is 233 g/mol. The molecule has 0 aliphatic carbocycles. The molecule has 7 nitrogen and oxygen atoms in total. The van der Waals surface area contributed by atoms with Crippen molar-refractivity contribution in [3.05, 3.63) is 0 Å². The fraction of sp³-hybridized carbons (Fsp3) is 0.667.